The van der Waals surface area contributed by atoms with Gasteiger partial charge in [-0.15, -0.1) is 0 Å². The number of H-pyrrole nitrogens is 1. The molecule has 0 spiro atoms. The molecule has 1 aliphatic rings. The minimum atomic E-state index is -1.21. The Bertz CT molecular complexity index is 1530. The molecule has 11 nitrogen and oxygen atoms in total. The summed E-state index contributed by atoms with van der Waals surface area (Å²) in [5, 5.41) is 9.04. The summed E-state index contributed by atoms with van der Waals surface area (Å²) in [7, 11) is 0. The molecule has 2 aromatic carbocycles. The first-order valence-electron chi connectivity index (χ1n) is 14.3. The van der Waals surface area contributed by atoms with Crippen LogP contribution in [-0.4, -0.2) is 65.5 Å². The molecule has 1 fully saturated rings. The van der Waals surface area contributed by atoms with E-state index >= 15 is 0 Å². The second-order valence-electron chi connectivity index (χ2n) is 11.2. The highest BCUT2D eigenvalue weighted by Gasteiger charge is 2.34. The van der Waals surface area contributed by atoms with Gasteiger partial charge in [0, 0.05) is 28.9 Å². The second-order valence-corrected chi connectivity index (χ2v) is 11.2. The number of aromatic nitrogens is 1. The van der Waals surface area contributed by atoms with Crippen LogP contribution in [0.2, 0.25) is 0 Å². The van der Waals surface area contributed by atoms with Gasteiger partial charge in [-0.05, 0) is 49.8 Å². The molecular weight excluding hydrogens is 552 g/mol. The molecule has 3 amide bonds. The third-order valence-corrected chi connectivity index (χ3v) is 7.41. The van der Waals surface area contributed by atoms with Gasteiger partial charge in [0.2, 0.25) is 11.8 Å². The van der Waals surface area contributed by atoms with E-state index in [1.165, 1.54) is 12.1 Å². The quantitative estimate of drug-likeness (QED) is 0.135. The van der Waals surface area contributed by atoms with Crippen LogP contribution in [0.1, 0.15) is 59.5 Å². The molecule has 226 valence electrons. The second kappa shape index (κ2) is 13.9. The van der Waals surface area contributed by atoms with Gasteiger partial charge in [0.1, 0.15) is 11.7 Å². The van der Waals surface area contributed by atoms with Gasteiger partial charge in [-0.1, -0.05) is 56.3 Å². The molecule has 3 aromatic rings. The van der Waals surface area contributed by atoms with Crippen LogP contribution in [0.5, 0.6) is 0 Å². The molecule has 1 aliphatic heterocycles. The van der Waals surface area contributed by atoms with Gasteiger partial charge in [0.05, 0.1) is 6.04 Å². The maximum atomic E-state index is 13.5. The Kier molecular flexibility index (Phi) is 10.1. The molecule has 0 bridgehead atoms. The van der Waals surface area contributed by atoms with Crippen molar-refractivity contribution in [1.29, 1.82) is 0 Å². The number of aryl methyl sites for hydroxylation is 1. The van der Waals surface area contributed by atoms with Crippen molar-refractivity contribution in [2.75, 3.05) is 13.2 Å². The highest BCUT2D eigenvalue weighted by molar-refractivity contribution is 6.40. The van der Waals surface area contributed by atoms with Crippen LogP contribution < -0.4 is 16.0 Å². The third kappa shape index (κ3) is 7.94. The smallest absolute Gasteiger partial charge is 0.380 e. The van der Waals surface area contributed by atoms with Crippen LogP contribution in [0.3, 0.4) is 0 Å². The minimum Gasteiger partial charge on any atom is -0.452 e. The van der Waals surface area contributed by atoms with Crippen LogP contribution in [-0.2, 0) is 23.9 Å². The van der Waals surface area contributed by atoms with Gasteiger partial charge >= 0.3 is 5.97 Å². The molecule has 0 unspecified atom stereocenters. The number of rotatable bonds is 13. The van der Waals surface area contributed by atoms with Gasteiger partial charge < -0.3 is 25.7 Å². The van der Waals surface area contributed by atoms with E-state index in [1.807, 2.05) is 39.0 Å². The van der Waals surface area contributed by atoms with Gasteiger partial charge in [-0.2, -0.15) is 0 Å². The largest absolute Gasteiger partial charge is 0.452 e. The van der Waals surface area contributed by atoms with E-state index < -0.39 is 54.0 Å². The molecule has 1 aromatic heterocycles. The molecule has 11 heteroatoms. The van der Waals surface area contributed by atoms with E-state index in [0.29, 0.717) is 13.0 Å². The summed E-state index contributed by atoms with van der Waals surface area (Å²) in [6.45, 7) is 5.39. The van der Waals surface area contributed by atoms with Gasteiger partial charge in [0.25, 0.3) is 11.7 Å². The summed E-state index contributed by atoms with van der Waals surface area (Å²) >= 11 is 0. The van der Waals surface area contributed by atoms with E-state index in [2.05, 4.69) is 20.9 Å². The van der Waals surface area contributed by atoms with Crippen molar-refractivity contribution < 1.29 is 33.5 Å². The van der Waals surface area contributed by atoms with E-state index in [0.717, 1.165) is 16.5 Å². The first-order chi connectivity index (χ1) is 20.5. The zero-order chi connectivity index (χ0) is 31.1. The molecule has 4 rings (SSSR count). The maximum Gasteiger partial charge on any atom is 0.380 e. The lowest BCUT2D eigenvalue weighted by molar-refractivity contribution is -0.144. The predicted octanol–water partition coefficient (Wildman–Crippen LogP) is 2.63. The SMILES string of the molecule is Cc1cccc2[nH]c(C(=O)N[C@@H](CC(C)C)C(=O)N[C@@H](C[C@@H]3CCNC3=O)C(=O)COC(=O)C(=O)c3ccccc3)cc12. The summed E-state index contributed by atoms with van der Waals surface area (Å²) in [4.78, 5) is 80.0. The number of amides is 3. The molecule has 43 heavy (non-hydrogen) atoms. The number of aromatic amines is 1. The first-order valence-corrected chi connectivity index (χ1v) is 14.3. The summed E-state index contributed by atoms with van der Waals surface area (Å²) in [6.07, 6.45) is 0.725. The van der Waals surface area contributed by atoms with Crippen LogP contribution in [0, 0.1) is 18.8 Å². The molecule has 2 heterocycles. The molecule has 3 atom stereocenters. The Hall–Kier alpha value is -4.80. The van der Waals surface area contributed by atoms with Crippen molar-refractivity contribution in [3.05, 3.63) is 71.4 Å². The number of hydrogen-bond acceptors (Lipinski definition) is 7. The lowest BCUT2D eigenvalue weighted by atomic mass is 9.95. The Labute approximate surface area is 249 Å². The van der Waals surface area contributed by atoms with E-state index in [1.54, 1.807) is 24.3 Å². The number of fused-ring (bicyclic) bond motifs is 1. The van der Waals surface area contributed by atoms with Crippen LogP contribution in [0.15, 0.2) is 54.6 Å². The van der Waals surface area contributed by atoms with Crippen molar-refractivity contribution in [3.63, 3.8) is 0 Å². The van der Waals surface area contributed by atoms with Crippen molar-refractivity contribution in [1.82, 2.24) is 20.9 Å². The number of esters is 1. The highest BCUT2D eigenvalue weighted by atomic mass is 16.5. The van der Waals surface area contributed by atoms with Crippen LogP contribution in [0.25, 0.3) is 10.9 Å². The fraction of sp³-hybridized carbons (Fsp3) is 0.375. The standard InChI is InChI=1S/C32H36N4O7/c1-18(2)14-25(36-31(41)26-16-22-19(3)8-7-11-23(22)34-26)30(40)35-24(15-21-12-13-33-29(21)39)27(37)17-43-32(42)28(38)20-9-5-4-6-10-20/h4-11,16,18,21,24-25,34H,12-15,17H2,1-3H3,(H,33,39)(H,35,40)(H,36,41)/t21-,24-,25-/m0/s1. The molecule has 1 saturated heterocycles. The fourth-order valence-electron chi connectivity index (χ4n) is 5.08. The number of ketones is 2. The zero-order valence-corrected chi connectivity index (χ0v) is 24.4. The molecule has 4 N–H and O–H groups in total. The lowest BCUT2D eigenvalue weighted by Gasteiger charge is -2.25. The number of hydrogen-bond donors (Lipinski definition) is 4. The van der Waals surface area contributed by atoms with Gasteiger partial charge in [-0.25, -0.2) is 4.79 Å². The zero-order valence-electron chi connectivity index (χ0n) is 24.4. The molecule has 0 saturated carbocycles. The number of ether oxygens (including phenoxy) is 1. The number of carbonyl (C=O) groups is 6. The lowest BCUT2D eigenvalue weighted by Crippen LogP contribution is -2.53. The average Bonchev–Trinajstić information content (AvgIpc) is 3.61. The summed E-state index contributed by atoms with van der Waals surface area (Å²) in [5.74, 6) is -4.66. The number of benzene rings is 2. The van der Waals surface area contributed by atoms with E-state index in [4.69, 9.17) is 4.74 Å². The van der Waals surface area contributed by atoms with Crippen molar-refractivity contribution in [3.8, 4) is 0 Å². The van der Waals surface area contributed by atoms with Crippen molar-refractivity contribution >= 4 is 46.2 Å². The number of carbonyl (C=O) groups excluding carboxylic acids is 6. The fourth-order valence-corrected chi connectivity index (χ4v) is 5.08. The Morgan fingerprint density at radius 1 is 0.977 bits per heavy atom. The average molecular weight is 589 g/mol. The van der Waals surface area contributed by atoms with Gasteiger partial charge in [-0.3, -0.25) is 24.0 Å². The summed E-state index contributed by atoms with van der Waals surface area (Å²) in [5.41, 5.74) is 2.18. The minimum absolute atomic E-state index is 0.0146. The molecular formula is C32H36N4O7. The normalized spacial score (nSPS) is 15.9. The number of Topliss-reactive ketones (excluding diaryl/α,β-unsaturated/α-hetero) is 2. The van der Waals surface area contributed by atoms with Crippen molar-refractivity contribution in [2.45, 2.75) is 52.1 Å². The van der Waals surface area contributed by atoms with Crippen LogP contribution >= 0.6 is 0 Å². The highest BCUT2D eigenvalue weighted by Crippen LogP contribution is 2.20. The van der Waals surface area contributed by atoms with E-state index in [9.17, 15) is 28.8 Å². The topological polar surface area (TPSA) is 164 Å². The van der Waals surface area contributed by atoms with Crippen LogP contribution in [0.4, 0.5) is 0 Å². The molecule has 0 radical (unpaired) electrons. The Morgan fingerprint density at radius 2 is 1.72 bits per heavy atom. The third-order valence-electron chi connectivity index (χ3n) is 7.41. The van der Waals surface area contributed by atoms with Crippen molar-refractivity contribution in [2.24, 2.45) is 11.8 Å². The number of nitrogens with one attached hydrogen (secondary N) is 4. The Balaban J connectivity index is 1.47. The monoisotopic (exact) mass is 588 g/mol. The predicted molar refractivity (Wildman–Crippen MR) is 158 cm³/mol. The van der Waals surface area contributed by atoms with E-state index in [-0.39, 0.29) is 35.9 Å². The first kappa shape index (κ1) is 31.1. The van der Waals surface area contributed by atoms with Gasteiger partial charge in [0.15, 0.2) is 12.4 Å². The molecule has 0 aliphatic carbocycles. The summed E-state index contributed by atoms with van der Waals surface area (Å²) in [6, 6.07) is 13.0. The Morgan fingerprint density at radius 3 is 2.37 bits per heavy atom. The summed E-state index contributed by atoms with van der Waals surface area (Å²) < 4.78 is 5.00. The maximum absolute atomic E-state index is 13.5.